The fourth-order valence-corrected chi connectivity index (χ4v) is 2.47. The Labute approximate surface area is 143 Å². The molecule has 128 valence electrons. The highest BCUT2D eigenvalue weighted by Gasteiger charge is 2.24. The second-order valence-corrected chi connectivity index (χ2v) is 5.89. The molecule has 2 rings (SSSR count). The molecule has 2 aromatic rings. The number of hydrogen-bond donors (Lipinski definition) is 1. The summed E-state index contributed by atoms with van der Waals surface area (Å²) in [4.78, 5) is 13.9. The molecule has 0 aliphatic rings. The van der Waals surface area contributed by atoms with Crippen molar-refractivity contribution in [2.45, 2.75) is 32.4 Å². The van der Waals surface area contributed by atoms with Crippen molar-refractivity contribution >= 4 is 5.91 Å². The summed E-state index contributed by atoms with van der Waals surface area (Å²) < 4.78 is 5.59. The summed E-state index contributed by atoms with van der Waals surface area (Å²) in [5, 5.41) is 10.4. The van der Waals surface area contributed by atoms with Crippen molar-refractivity contribution in [3.63, 3.8) is 0 Å². The first-order valence-electron chi connectivity index (χ1n) is 8.23. The van der Waals surface area contributed by atoms with Crippen molar-refractivity contribution in [2.24, 2.45) is 0 Å². The Kier molecular flexibility index (Phi) is 6.38. The van der Waals surface area contributed by atoms with Crippen molar-refractivity contribution in [1.82, 2.24) is 4.90 Å². The molecule has 0 heterocycles. The van der Waals surface area contributed by atoms with Gasteiger partial charge in [-0.15, -0.1) is 0 Å². The van der Waals surface area contributed by atoms with E-state index in [1.165, 1.54) is 10.5 Å². The monoisotopic (exact) mass is 327 g/mol. The van der Waals surface area contributed by atoms with E-state index in [1.54, 1.807) is 7.05 Å². The van der Waals surface area contributed by atoms with Crippen LogP contribution in [0.3, 0.4) is 0 Å². The number of hydrogen-bond acceptors (Lipinski definition) is 3. The molecule has 4 heteroatoms. The third-order valence-corrected chi connectivity index (χ3v) is 4.27. The molecule has 0 aliphatic carbocycles. The molecule has 2 aromatic carbocycles. The van der Waals surface area contributed by atoms with E-state index < -0.39 is 6.10 Å². The van der Waals surface area contributed by atoms with Crippen LogP contribution in [0.25, 0.3) is 0 Å². The van der Waals surface area contributed by atoms with Gasteiger partial charge in [-0.2, -0.15) is 0 Å². The number of likely N-dealkylation sites (N-methyl/N-ethyl adjacent to an activating group) is 1. The number of aliphatic hydroxyl groups excluding tert-OH is 1. The maximum absolute atomic E-state index is 12.3. The second-order valence-electron chi connectivity index (χ2n) is 5.89. The molecule has 0 aliphatic heterocycles. The quantitative estimate of drug-likeness (QED) is 0.849. The Bertz CT molecular complexity index is 657. The van der Waals surface area contributed by atoms with E-state index in [4.69, 9.17) is 4.74 Å². The average molecular weight is 327 g/mol. The van der Waals surface area contributed by atoms with E-state index in [0.29, 0.717) is 5.75 Å². The first-order chi connectivity index (χ1) is 11.5. The molecule has 2 atom stereocenters. The van der Waals surface area contributed by atoms with Crippen molar-refractivity contribution in [2.75, 3.05) is 13.7 Å². The molecule has 0 bridgehead atoms. The van der Waals surface area contributed by atoms with Crippen LogP contribution in [0.2, 0.25) is 0 Å². The number of rotatable bonds is 7. The second kappa shape index (κ2) is 8.50. The molecule has 24 heavy (non-hydrogen) atoms. The van der Waals surface area contributed by atoms with Crippen LogP contribution < -0.4 is 4.74 Å². The van der Waals surface area contributed by atoms with Gasteiger partial charge in [0.05, 0.1) is 12.1 Å². The smallest absolute Gasteiger partial charge is 0.260 e. The number of nitrogens with zero attached hydrogens (tertiary/aromatic N) is 1. The van der Waals surface area contributed by atoms with Gasteiger partial charge in [0.2, 0.25) is 0 Å². The number of carbonyl (C=O) groups is 1. The summed E-state index contributed by atoms with van der Waals surface area (Å²) in [5.74, 6) is 0.520. The van der Waals surface area contributed by atoms with E-state index in [-0.39, 0.29) is 18.6 Å². The molecular formula is C20H25NO3. The largest absolute Gasteiger partial charge is 0.484 e. The zero-order valence-electron chi connectivity index (χ0n) is 14.5. The van der Waals surface area contributed by atoms with E-state index in [9.17, 15) is 9.90 Å². The van der Waals surface area contributed by atoms with Gasteiger partial charge in [0.25, 0.3) is 5.91 Å². The number of benzene rings is 2. The lowest BCUT2D eigenvalue weighted by molar-refractivity contribution is -0.136. The maximum Gasteiger partial charge on any atom is 0.260 e. The van der Waals surface area contributed by atoms with Crippen LogP contribution in [0, 0.1) is 0 Å². The van der Waals surface area contributed by atoms with Crippen LogP contribution in [0.15, 0.2) is 54.6 Å². The Morgan fingerprint density at radius 3 is 2.54 bits per heavy atom. The van der Waals surface area contributed by atoms with Gasteiger partial charge in [0.15, 0.2) is 6.61 Å². The molecule has 2 unspecified atom stereocenters. The number of carbonyl (C=O) groups excluding carboxylic acids is 1. The van der Waals surface area contributed by atoms with Crippen LogP contribution in [0.1, 0.15) is 31.1 Å². The fourth-order valence-electron chi connectivity index (χ4n) is 2.47. The summed E-state index contributed by atoms with van der Waals surface area (Å²) in [6.07, 6.45) is 0.189. The van der Waals surface area contributed by atoms with E-state index in [2.05, 4.69) is 6.92 Å². The van der Waals surface area contributed by atoms with Crippen molar-refractivity contribution in [3.05, 3.63) is 65.7 Å². The van der Waals surface area contributed by atoms with Crippen LogP contribution >= 0.6 is 0 Å². The van der Waals surface area contributed by atoms with Crippen LogP contribution in [0.4, 0.5) is 0 Å². The zero-order valence-corrected chi connectivity index (χ0v) is 14.5. The van der Waals surface area contributed by atoms with E-state index >= 15 is 0 Å². The summed E-state index contributed by atoms with van der Waals surface area (Å²) in [5.41, 5.74) is 1.96. The van der Waals surface area contributed by atoms with Crippen molar-refractivity contribution < 1.29 is 14.6 Å². The van der Waals surface area contributed by atoms with Crippen LogP contribution in [-0.2, 0) is 11.2 Å². The van der Waals surface area contributed by atoms with Gasteiger partial charge >= 0.3 is 0 Å². The van der Waals surface area contributed by atoms with Gasteiger partial charge in [-0.05, 0) is 36.6 Å². The highest BCUT2D eigenvalue weighted by atomic mass is 16.5. The molecule has 1 N–H and O–H groups in total. The maximum atomic E-state index is 12.3. The lowest BCUT2D eigenvalue weighted by Gasteiger charge is -2.29. The van der Waals surface area contributed by atoms with Gasteiger partial charge in [0, 0.05) is 7.05 Å². The molecule has 0 saturated carbocycles. The van der Waals surface area contributed by atoms with Crippen molar-refractivity contribution in [3.8, 4) is 5.75 Å². The molecule has 4 nitrogen and oxygen atoms in total. The highest BCUT2D eigenvalue weighted by molar-refractivity contribution is 5.77. The number of aryl methyl sites for hydroxylation is 1. The summed E-state index contributed by atoms with van der Waals surface area (Å²) in [6, 6.07) is 16.7. The number of ether oxygens (including phenoxy) is 1. The predicted octanol–water partition coefficient (Wildman–Crippen LogP) is 3.21. The van der Waals surface area contributed by atoms with Crippen LogP contribution in [-0.4, -0.2) is 35.6 Å². The minimum atomic E-state index is -0.733. The standard InChI is InChI=1S/C20H25NO3/c1-4-16-9-8-12-18(13-16)24-14-19(22)21(3)15(2)20(23)17-10-6-5-7-11-17/h5-13,15,20,23H,4,14H2,1-3H3. The van der Waals surface area contributed by atoms with E-state index in [1.807, 2.05) is 61.5 Å². The van der Waals surface area contributed by atoms with E-state index in [0.717, 1.165) is 12.0 Å². The third-order valence-electron chi connectivity index (χ3n) is 4.27. The SMILES string of the molecule is CCc1cccc(OCC(=O)N(C)C(C)C(O)c2ccccc2)c1. The summed E-state index contributed by atoms with van der Waals surface area (Å²) in [6.45, 7) is 3.85. The molecule has 0 fully saturated rings. The fraction of sp³-hybridized carbons (Fsp3) is 0.350. The Morgan fingerprint density at radius 2 is 1.88 bits per heavy atom. The Hall–Kier alpha value is -2.33. The number of amides is 1. The molecule has 0 saturated heterocycles. The first-order valence-corrected chi connectivity index (χ1v) is 8.23. The molecule has 0 aromatic heterocycles. The van der Waals surface area contributed by atoms with Gasteiger partial charge in [0.1, 0.15) is 5.75 Å². The Balaban J connectivity index is 1.93. The number of aliphatic hydroxyl groups is 1. The minimum Gasteiger partial charge on any atom is -0.484 e. The van der Waals surface area contributed by atoms with Gasteiger partial charge in [-0.3, -0.25) is 4.79 Å². The molecule has 0 radical (unpaired) electrons. The molecule has 0 spiro atoms. The summed E-state index contributed by atoms with van der Waals surface area (Å²) in [7, 11) is 1.69. The van der Waals surface area contributed by atoms with Gasteiger partial charge in [-0.25, -0.2) is 0 Å². The van der Waals surface area contributed by atoms with Crippen LogP contribution in [0.5, 0.6) is 5.75 Å². The Morgan fingerprint density at radius 1 is 1.17 bits per heavy atom. The van der Waals surface area contributed by atoms with Gasteiger partial charge < -0.3 is 14.7 Å². The average Bonchev–Trinajstić information content (AvgIpc) is 2.65. The molecule has 1 amide bonds. The highest BCUT2D eigenvalue weighted by Crippen LogP contribution is 2.20. The minimum absolute atomic E-state index is 0.0461. The topological polar surface area (TPSA) is 49.8 Å². The first kappa shape index (κ1) is 18.0. The lowest BCUT2D eigenvalue weighted by Crippen LogP contribution is -2.41. The lowest BCUT2D eigenvalue weighted by atomic mass is 10.0. The predicted molar refractivity (Wildman–Crippen MR) is 94.9 cm³/mol. The normalized spacial score (nSPS) is 13.2. The van der Waals surface area contributed by atoms with Crippen molar-refractivity contribution in [1.29, 1.82) is 0 Å². The third kappa shape index (κ3) is 4.59. The summed E-state index contributed by atoms with van der Waals surface area (Å²) >= 11 is 0. The molecular weight excluding hydrogens is 302 g/mol. The zero-order chi connectivity index (χ0) is 17.5. The van der Waals surface area contributed by atoms with Gasteiger partial charge in [-0.1, -0.05) is 49.4 Å².